The Balaban J connectivity index is 2.74. The van der Waals surface area contributed by atoms with E-state index in [0.717, 1.165) is 11.5 Å². The van der Waals surface area contributed by atoms with Crippen molar-refractivity contribution in [1.29, 1.82) is 0 Å². The van der Waals surface area contributed by atoms with E-state index >= 15 is 0 Å². The third-order valence-electron chi connectivity index (χ3n) is 1.87. The first-order valence-electron chi connectivity index (χ1n) is 3.73. The van der Waals surface area contributed by atoms with Crippen molar-refractivity contribution in [3.05, 3.63) is 34.2 Å². The van der Waals surface area contributed by atoms with E-state index < -0.39 is 11.7 Å². The highest BCUT2D eigenvalue weighted by Gasteiger charge is 2.33. The maximum atomic E-state index is 12.4. The van der Waals surface area contributed by atoms with E-state index in [1.54, 1.807) is 11.4 Å². The molecule has 2 aromatic rings. The van der Waals surface area contributed by atoms with Gasteiger partial charge in [0.1, 0.15) is 0 Å². The largest absolute Gasteiger partial charge is 0.417 e. The van der Waals surface area contributed by atoms with E-state index in [0.29, 0.717) is 4.70 Å². The van der Waals surface area contributed by atoms with Gasteiger partial charge in [-0.2, -0.15) is 13.2 Å². The molecule has 0 amide bonds. The van der Waals surface area contributed by atoms with Crippen LogP contribution in [0.5, 0.6) is 0 Å². The summed E-state index contributed by atoms with van der Waals surface area (Å²) >= 11 is 6.87. The second-order valence-corrected chi connectivity index (χ2v) is 4.06. The van der Waals surface area contributed by atoms with Crippen molar-refractivity contribution in [2.75, 3.05) is 0 Å². The topological polar surface area (TPSA) is 0 Å². The van der Waals surface area contributed by atoms with Crippen LogP contribution in [-0.4, -0.2) is 0 Å². The van der Waals surface area contributed by atoms with E-state index in [-0.39, 0.29) is 5.02 Å². The van der Waals surface area contributed by atoms with Gasteiger partial charge in [0.05, 0.1) is 15.3 Å². The summed E-state index contributed by atoms with van der Waals surface area (Å²) in [5.41, 5.74) is -0.769. The maximum Gasteiger partial charge on any atom is 0.417 e. The summed E-state index contributed by atoms with van der Waals surface area (Å²) in [4.78, 5) is 0. The minimum atomic E-state index is -4.38. The van der Waals surface area contributed by atoms with Gasteiger partial charge in [-0.1, -0.05) is 17.7 Å². The molecular formula is C9H4ClF3S. The highest BCUT2D eigenvalue weighted by molar-refractivity contribution is 7.17. The van der Waals surface area contributed by atoms with Crippen LogP contribution >= 0.6 is 22.9 Å². The fourth-order valence-electron chi connectivity index (χ4n) is 1.22. The number of alkyl halides is 3. The monoisotopic (exact) mass is 236 g/mol. The predicted molar refractivity (Wildman–Crippen MR) is 51.8 cm³/mol. The Morgan fingerprint density at radius 1 is 1.14 bits per heavy atom. The molecule has 0 bridgehead atoms. The number of hydrogen-bond donors (Lipinski definition) is 0. The molecule has 0 radical (unpaired) electrons. The first kappa shape index (κ1) is 9.80. The Kier molecular flexibility index (Phi) is 2.20. The molecule has 0 atom stereocenters. The zero-order valence-corrected chi connectivity index (χ0v) is 8.30. The molecule has 0 fully saturated rings. The van der Waals surface area contributed by atoms with Crippen molar-refractivity contribution in [1.82, 2.24) is 0 Å². The van der Waals surface area contributed by atoms with E-state index in [4.69, 9.17) is 11.6 Å². The van der Waals surface area contributed by atoms with Crippen molar-refractivity contribution < 1.29 is 13.2 Å². The Morgan fingerprint density at radius 3 is 2.50 bits per heavy atom. The molecule has 0 N–H and O–H groups in total. The minimum Gasteiger partial charge on any atom is -0.166 e. The van der Waals surface area contributed by atoms with Gasteiger partial charge in [-0.05, 0) is 22.9 Å². The molecule has 0 saturated carbocycles. The van der Waals surface area contributed by atoms with Gasteiger partial charge in [-0.3, -0.25) is 0 Å². The Bertz CT molecular complexity index is 472. The first-order valence-corrected chi connectivity index (χ1v) is 4.99. The van der Waals surface area contributed by atoms with Gasteiger partial charge in [0.15, 0.2) is 0 Å². The molecule has 1 heterocycles. The van der Waals surface area contributed by atoms with E-state index in [9.17, 15) is 13.2 Å². The van der Waals surface area contributed by atoms with Crippen LogP contribution in [0.25, 0.3) is 10.1 Å². The predicted octanol–water partition coefficient (Wildman–Crippen LogP) is 4.57. The Hall–Kier alpha value is -0.740. The average molecular weight is 237 g/mol. The van der Waals surface area contributed by atoms with Crippen LogP contribution in [0.3, 0.4) is 0 Å². The number of rotatable bonds is 0. The van der Waals surface area contributed by atoms with Gasteiger partial charge in [-0.25, -0.2) is 0 Å². The van der Waals surface area contributed by atoms with Gasteiger partial charge >= 0.3 is 6.18 Å². The average Bonchev–Trinajstić information content (AvgIpc) is 2.50. The summed E-state index contributed by atoms with van der Waals surface area (Å²) in [5, 5.41) is 2.26. The van der Waals surface area contributed by atoms with Crippen molar-refractivity contribution in [2.45, 2.75) is 6.18 Å². The van der Waals surface area contributed by atoms with Crippen LogP contribution in [0.1, 0.15) is 5.56 Å². The molecule has 0 aliphatic rings. The molecular weight excluding hydrogens is 233 g/mol. The zero-order chi connectivity index (χ0) is 10.3. The number of hydrogen-bond acceptors (Lipinski definition) is 1. The fourth-order valence-corrected chi connectivity index (χ4v) is 2.47. The quantitative estimate of drug-likeness (QED) is 0.628. The van der Waals surface area contributed by atoms with Crippen molar-refractivity contribution >= 4 is 33.0 Å². The van der Waals surface area contributed by atoms with Gasteiger partial charge in [0, 0.05) is 0 Å². The zero-order valence-electron chi connectivity index (χ0n) is 6.73. The molecule has 0 aliphatic carbocycles. The summed E-state index contributed by atoms with van der Waals surface area (Å²) in [7, 11) is 0. The van der Waals surface area contributed by atoms with E-state index in [1.165, 1.54) is 17.4 Å². The SMILES string of the molecule is FC(F)(F)c1ccc2ccsc2c1Cl. The van der Waals surface area contributed by atoms with Crippen LogP contribution in [-0.2, 0) is 6.18 Å². The summed E-state index contributed by atoms with van der Waals surface area (Å²) in [6.45, 7) is 0. The summed E-state index contributed by atoms with van der Waals surface area (Å²) in [6.07, 6.45) is -4.38. The first-order chi connectivity index (χ1) is 6.50. The normalized spacial score (nSPS) is 12.3. The third-order valence-corrected chi connectivity index (χ3v) is 3.32. The van der Waals surface area contributed by atoms with Gasteiger partial charge < -0.3 is 0 Å². The lowest BCUT2D eigenvalue weighted by molar-refractivity contribution is -0.137. The molecule has 2 rings (SSSR count). The van der Waals surface area contributed by atoms with Gasteiger partial charge in [0.2, 0.25) is 0 Å². The second kappa shape index (κ2) is 3.14. The molecule has 1 aromatic heterocycles. The number of halogens is 4. The third kappa shape index (κ3) is 1.48. The molecule has 74 valence electrons. The van der Waals surface area contributed by atoms with Gasteiger partial charge in [-0.15, -0.1) is 11.3 Å². The molecule has 14 heavy (non-hydrogen) atoms. The van der Waals surface area contributed by atoms with Crippen molar-refractivity contribution in [3.63, 3.8) is 0 Å². The molecule has 1 aromatic carbocycles. The van der Waals surface area contributed by atoms with Crippen LogP contribution in [0.15, 0.2) is 23.6 Å². The second-order valence-electron chi connectivity index (χ2n) is 2.76. The molecule has 0 nitrogen and oxygen atoms in total. The van der Waals surface area contributed by atoms with Crippen molar-refractivity contribution in [2.24, 2.45) is 0 Å². The molecule has 0 spiro atoms. The molecule has 0 saturated heterocycles. The van der Waals surface area contributed by atoms with Crippen LogP contribution in [0.4, 0.5) is 13.2 Å². The standard InChI is InChI=1S/C9H4ClF3S/c10-7-6(9(11,12)13)2-1-5-3-4-14-8(5)7/h1-4H. The van der Waals surface area contributed by atoms with E-state index in [1.807, 2.05) is 0 Å². The maximum absolute atomic E-state index is 12.4. The van der Waals surface area contributed by atoms with Crippen LogP contribution < -0.4 is 0 Å². The lowest BCUT2D eigenvalue weighted by Crippen LogP contribution is -2.05. The summed E-state index contributed by atoms with van der Waals surface area (Å²) in [6, 6.07) is 4.18. The highest BCUT2D eigenvalue weighted by atomic mass is 35.5. The lowest BCUT2D eigenvalue weighted by Gasteiger charge is -2.08. The summed E-state index contributed by atoms with van der Waals surface area (Å²) in [5.74, 6) is 0. The van der Waals surface area contributed by atoms with Crippen LogP contribution in [0.2, 0.25) is 5.02 Å². The minimum absolute atomic E-state index is 0.204. The molecule has 0 aliphatic heterocycles. The van der Waals surface area contributed by atoms with E-state index in [2.05, 4.69) is 0 Å². The highest BCUT2D eigenvalue weighted by Crippen LogP contribution is 2.40. The number of thiophene rings is 1. The number of benzene rings is 1. The summed E-state index contributed by atoms with van der Waals surface area (Å²) < 4.78 is 37.7. The lowest BCUT2D eigenvalue weighted by atomic mass is 10.2. The van der Waals surface area contributed by atoms with Gasteiger partial charge in [0.25, 0.3) is 0 Å². The van der Waals surface area contributed by atoms with Crippen LogP contribution in [0, 0.1) is 0 Å². The molecule has 5 heteroatoms. The fraction of sp³-hybridized carbons (Fsp3) is 0.111. The smallest absolute Gasteiger partial charge is 0.166 e. The number of fused-ring (bicyclic) bond motifs is 1. The Morgan fingerprint density at radius 2 is 1.86 bits per heavy atom. The Labute approximate surface area is 86.9 Å². The van der Waals surface area contributed by atoms with Crippen molar-refractivity contribution in [3.8, 4) is 0 Å². The molecule has 0 unspecified atom stereocenters.